The fourth-order valence-electron chi connectivity index (χ4n) is 4.83. The van der Waals surface area contributed by atoms with E-state index in [0.29, 0.717) is 0 Å². The molecule has 11 heteroatoms. The van der Waals surface area contributed by atoms with Crippen molar-refractivity contribution < 1.29 is 52.2 Å². The molecule has 0 unspecified atom stereocenters. The van der Waals surface area contributed by atoms with E-state index in [-0.39, 0.29) is 19.1 Å². The minimum absolute atomic E-state index is 0.121. The largest absolute Gasteiger partial charge is 0.458 e. The summed E-state index contributed by atoms with van der Waals surface area (Å²) in [5.74, 6) is -2.58. The molecule has 4 rings (SSSR count). The van der Waals surface area contributed by atoms with Gasteiger partial charge in [-0.2, -0.15) is 0 Å². The number of ether oxygens (including phenoxy) is 9. The van der Waals surface area contributed by atoms with Gasteiger partial charge in [-0.15, -0.1) is 0 Å². The molecule has 4 saturated heterocycles. The first-order chi connectivity index (χ1) is 15.3. The quantitative estimate of drug-likeness (QED) is 0.538. The molecular weight excluding hydrogens is 440 g/mol. The maximum absolute atomic E-state index is 11.6. The fourth-order valence-corrected chi connectivity index (χ4v) is 4.83. The highest BCUT2D eigenvalue weighted by molar-refractivity contribution is 5.67. The molecule has 4 fully saturated rings. The molecule has 4 aliphatic heterocycles. The molecule has 0 bridgehead atoms. The molecule has 4 aliphatic rings. The number of esters is 2. The van der Waals surface area contributed by atoms with Gasteiger partial charge in [-0.1, -0.05) is 0 Å². The highest BCUT2D eigenvalue weighted by Crippen LogP contribution is 2.44. The first-order valence-corrected chi connectivity index (χ1v) is 11.3. The number of carbonyl (C=O) groups excluding carboxylic acids is 2. The van der Waals surface area contributed by atoms with Crippen molar-refractivity contribution in [3.8, 4) is 0 Å². The molecule has 0 aromatic rings. The molecule has 0 spiro atoms. The van der Waals surface area contributed by atoms with Crippen molar-refractivity contribution in [2.24, 2.45) is 0 Å². The van der Waals surface area contributed by atoms with Crippen LogP contribution in [0.15, 0.2) is 0 Å². The van der Waals surface area contributed by atoms with Crippen LogP contribution in [0.2, 0.25) is 0 Å². The summed E-state index contributed by atoms with van der Waals surface area (Å²) >= 11 is 0. The van der Waals surface area contributed by atoms with E-state index in [1.807, 2.05) is 27.7 Å². The van der Waals surface area contributed by atoms with E-state index in [9.17, 15) is 9.59 Å². The maximum Gasteiger partial charge on any atom is 0.303 e. The van der Waals surface area contributed by atoms with Gasteiger partial charge in [-0.25, -0.2) is 0 Å². The van der Waals surface area contributed by atoms with Gasteiger partial charge >= 0.3 is 11.9 Å². The maximum atomic E-state index is 11.6. The Morgan fingerprint density at radius 2 is 1.45 bits per heavy atom. The highest BCUT2D eigenvalue weighted by Gasteiger charge is 2.60. The third kappa shape index (κ3) is 5.50. The second kappa shape index (κ2) is 9.03. The predicted molar refractivity (Wildman–Crippen MR) is 109 cm³/mol. The predicted octanol–water partition coefficient (Wildman–Crippen LogP) is 1.40. The van der Waals surface area contributed by atoms with Gasteiger partial charge in [0.15, 0.2) is 30.3 Å². The smallest absolute Gasteiger partial charge is 0.303 e. The van der Waals surface area contributed by atoms with Crippen molar-refractivity contribution >= 4 is 11.9 Å². The number of fused-ring (bicyclic) bond motifs is 3. The van der Waals surface area contributed by atoms with Gasteiger partial charge in [0.2, 0.25) is 0 Å². The van der Waals surface area contributed by atoms with E-state index in [0.717, 1.165) is 0 Å². The molecule has 11 nitrogen and oxygen atoms in total. The lowest BCUT2D eigenvalue weighted by Gasteiger charge is -2.40. The minimum atomic E-state index is -0.810. The van der Waals surface area contributed by atoms with Gasteiger partial charge in [0, 0.05) is 20.3 Å². The van der Waals surface area contributed by atoms with Crippen molar-refractivity contribution in [3.05, 3.63) is 0 Å². The van der Waals surface area contributed by atoms with Crippen LogP contribution in [0.3, 0.4) is 0 Å². The van der Waals surface area contributed by atoms with Crippen LogP contribution in [0, 0.1) is 0 Å². The van der Waals surface area contributed by atoms with E-state index in [1.165, 1.54) is 13.8 Å². The van der Waals surface area contributed by atoms with Crippen LogP contribution < -0.4 is 0 Å². The molecule has 0 aromatic heterocycles. The van der Waals surface area contributed by atoms with Crippen LogP contribution in [0.4, 0.5) is 0 Å². The first-order valence-electron chi connectivity index (χ1n) is 11.3. The number of carbonyl (C=O) groups is 2. The van der Waals surface area contributed by atoms with E-state index < -0.39 is 72.7 Å². The molecule has 0 aromatic carbocycles. The second-order valence-corrected chi connectivity index (χ2v) is 9.77. The molecule has 0 aliphatic carbocycles. The Hall–Kier alpha value is -1.34. The third-order valence-corrected chi connectivity index (χ3v) is 5.94. The van der Waals surface area contributed by atoms with E-state index in [1.54, 1.807) is 6.92 Å². The molecule has 0 saturated carbocycles. The highest BCUT2D eigenvalue weighted by atomic mass is 16.9. The van der Waals surface area contributed by atoms with Crippen LogP contribution in [0.1, 0.15) is 54.9 Å². The van der Waals surface area contributed by atoms with Crippen LogP contribution in [0.25, 0.3) is 0 Å². The van der Waals surface area contributed by atoms with Crippen molar-refractivity contribution in [3.63, 3.8) is 0 Å². The van der Waals surface area contributed by atoms with E-state index in [4.69, 9.17) is 42.6 Å². The summed E-state index contributed by atoms with van der Waals surface area (Å²) < 4.78 is 52.9. The van der Waals surface area contributed by atoms with Gasteiger partial charge in [-0.05, 0) is 34.6 Å². The van der Waals surface area contributed by atoms with E-state index >= 15 is 0 Å². The summed E-state index contributed by atoms with van der Waals surface area (Å²) in [7, 11) is 0. The molecular formula is C22H34O11. The summed E-state index contributed by atoms with van der Waals surface area (Å²) in [6, 6.07) is 0. The minimum Gasteiger partial charge on any atom is -0.458 e. The zero-order valence-electron chi connectivity index (χ0n) is 20.1. The van der Waals surface area contributed by atoms with Crippen molar-refractivity contribution in [2.75, 3.05) is 6.61 Å². The molecule has 0 N–H and O–H groups in total. The van der Waals surface area contributed by atoms with Gasteiger partial charge < -0.3 is 42.6 Å². The van der Waals surface area contributed by atoms with Crippen LogP contribution in [-0.4, -0.2) is 85.4 Å². The SMILES string of the molecule is CC(=O)O[C@H]1[C@H](C)O[C@@H](OC[C@H]2O[C@@H]3OC(C)(C)O[C@@H]3[C@H]3OC(C)(C)O[C@H]32)C[C@@H]1OC(C)=O. The summed E-state index contributed by atoms with van der Waals surface area (Å²) in [5, 5.41) is 0. The molecule has 33 heavy (non-hydrogen) atoms. The third-order valence-electron chi connectivity index (χ3n) is 5.94. The van der Waals surface area contributed by atoms with Gasteiger partial charge in [0.25, 0.3) is 0 Å². The topological polar surface area (TPSA) is 117 Å². The zero-order valence-corrected chi connectivity index (χ0v) is 20.1. The normalized spacial score (nSPS) is 43.4. The van der Waals surface area contributed by atoms with Gasteiger partial charge in [-0.3, -0.25) is 9.59 Å². The van der Waals surface area contributed by atoms with Crippen LogP contribution >= 0.6 is 0 Å². The standard InChI is InChI=1S/C22H34O11/c1-10-16(28-12(3)24)13(27-11(2)23)8-15(26-10)25-9-14-17-18(31-21(4,5)30-17)19-20(29-14)33-22(6,7)32-19/h10,13-20H,8-9H2,1-7H3/t10-,13-,14+,15+,16-,17-,18-,19+,20+/m0/s1. The monoisotopic (exact) mass is 474 g/mol. The average Bonchev–Trinajstić information content (AvgIpc) is 3.15. The lowest BCUT2D eigenvalue weighted by Crippen LogP contribution is -2.57. The number of hydrogen-bond acceptors (Lipinski definition) is 11. The zero-order chi connectivity index (χ0) is 24.1. The van der Waals surface area contributed by atoms with Crippen molar-refractivity contribution in [2.45, 2.75) is 122 Å². The van der Waals surface area contributed by atoms with E-state index in [2.05, 4.69) is 0 Å². The molecule has 4 heterocycles. The van der Waals surface area contributed by atoms with Gasteiger partial charge in [0.1, 0.15) is 30.5 Å². The average molecular weight is 475 g/mol. The van der Waals surface area contributed by atoms with Crippen molar-refractivity contribution in [1.82, 2.24) is 0 Å². The Morgan fingerprint density at radius 3 is 2.12 bits per heavy atom. The lowest BCUT2D eigenvalue weighted by atomic mass is 9.99. The fraction of sp³-hybridized carbons (Fsp3) is 0.909. The number of rotatable bonds is 5. The molecule has 9 atom stereocenters. The lowest BCUT2D eigenvalue weighted by molar-refractivity contribution is -0.282. The summed E-state index contributed by atoms with van der Waals surface area (Å²) in [6.07, 6.45) is -4.84. The Balaban J connectivity index is 1.42. The van der Waals surface area contributed by atoms with Crippen LogP contribution in [-0.2, 0) is 52.2 Å². The molecule has 0 radical (unpaired) electrons. The Morgan fingerprint density at radius 1 is 0.848 bits per heavy atom. The Bertz CT molecular complexity index is 753. The number of hydrogen-bond donors (Lipinski definition) is 0. The first kappa shape index (κ1) is 24.8. The molecule has 0 amide bonds. The van der Waals surface area contributed by atoms with Gasteiger partial charge in [0.05, 0.1) is 12.7 Å². The summed E-state index contributed by atoms with van der Waals surface area (Å²) in [4.78, 5) is 23.1. The summed E-state index contributed by atoms with van der Waals surface area (Å²) in [6.45, 7) is 11.8. The Kier molecular flexibility index (Phi) is 6.78. The Labute approximate surface area is 193 Å². The summed E-state index contributed by atoms with van der Waals surface area (Å²) in [5.41, 5.74) is 0. The van der Waals surface area contributed by atoms with Crippen LogP contribution in [0.5, 0.6) is 0 Å². The molecule has 188 valence electrons. The van der Waals surface area contributed by atoms with Crippen molar-refractivity contribution in [1.29, 1.82) is 0 Å². The second-order valence-electron chi connectivity index (χ2n) is 9.77.